The summed E-state index contributed by atoms with van der Waals surface area (Å²) in [7, 11) is 0. The minimum absolute atomic E-state index is 0.511. The Labute approximate surface area is 94.7 Å². The van der Waals surface area contributed by atoms with Gasteiger partial charge in [-0.15, -0.1) is 0 Å². The zero-order valence-electron chi connectivity index (χ0n) is 8.94. The summed E-state index contributed by atoms with van der Waals surface area (Å²) in [5.74, 6) is 0. The Bertz CT molecular complexity index is 555. The summed E-state index contributed by atoms with van der Waals surface area (Å²) in [6, 6.07) is 14.7. The monoisotopic (exact) mass is 208 g/mol. The molecule has 1 aliphatic carbocycles. The molecule has 0 heterocycles. The van der Waals surface area contributed by atoms with E-state index in [1.807, 2.05) is 6.07 Å². The standard InChI is InChI=1S/C15H12O/c16-9-8-11-5-3-6-13-10-12-4-1-2-7-14(12)15(11)13/h1-7,9H,8,10H2. The number of benzene rings is 2. The van der Waals surface area contributed by atoms with Crippen LogP contribution in [0.5, 0.6) is 0 Å². The summed E-state index contributed by atoms with van der Waals surface area (Å²) in [5, 5.41) is 0. The minimum atomic E-state index is 0.511. The molecule has 0 amide bonds. The summed E-state index contributed by atoms with van der Waals surface area (Å²) in [4.78, 5) is 10.7. The van der Waals surface area contributed by atoms with Gasteiger partial charge in [-0.05, 0) is 34.2 Å². The quantitative estimate of drug-likeness (QED) is 0.592. The number of fused-ring (bicyclic) bond motifs is 3. The Morgan fingerprint density at radius 1 is 1.00 bits per heavy atom. The molecule has 1 nitrogen and oxygen atoms in total. The number of rotatable bonds is 2. The Morgan fingerprint density at radius 2 is 1.81 bits per heavy atom. The molecule has 0 fully saturated rings. The molecule has 0 saturated carbocycles. The van der Waals surface area contributed by atoms with Crippen LogP contribution >= 0.6 is 0 Å². The smallest absolute Gasteiger partial charge is 0.124 e. The molecular weight excluding hydrogens is 196 g/mol. The average molecular weight is 208 g/mol. The fraction of sp³-hybridized carbons (Fsp3) is 0.133. The lowest BCUT2D eigenvalue weighted by Gasteiger charge is -2.06. The molecule has 1 aliphatic rings. The molecule has 2 aromatic rings. The van der Waals surface area contributed by atoms with Crippen molar-refractivity contribution in [2.24, 2.45) is 0 Å². The van der Waals surface area contributed by atoms with Crippen LogP contribution in [-0.4, -0.2) is 6.29 Å². The van der Waals surface area contributed by atoms with Gasteiger partial charge in [0.2, 0.25) is 0 Å². The van der Waals surface area contributed by atoms with Crippen molar-refractivity contribution in [1.82, 2.24) is 0 Å². The van der Waals surface area contributed by atoms with Crippen LogP contribution in [0.2, 0.25) is 0 Å². The zero-order valence-corrected chi connectivity index (χ0v) is 8.94. The van der Waals surface area contributed by atoms with Crippen LogP contribution in [-0.2, 0) is 17.6 Å². The summed E-state index contributed by atoms with van der Waals surface area (Å²) in [6.45, 7) is 0. The largest absolute Gasteiger partial charge is 0.303 e. The Morgan fingerprint density at radius 3 is 2.69 bits per heavy atom. The van der Waals surface area contributed by atoms with Crippen molar-refractivity contribution in [3.05, 3.63) is 59.2 Å². The molecule has 0 saturated heterocycles. The third-order valence-corrected chi connectivity index (χ3v) is 3.21. The summed E-state index contributed by atoms with van der Waals surface area (Å²) in [5.41, 5.74) is 6.45. The van der Waals surface area contributed by atoms with E-state index in [-0.39, 0.29) is 0 Å². The van der Waals surface area contributed by atoms with Crippen LogP contribution in [0.1, 0.15) is 16.7 Å². The van der Waals surface area contributed by atoms with E-state index in [0.29, 0.717) is 6.42 Å². The number of hydrogen-bond donors (Lipinski definition) is 0. The molecule has 0 unspecified atom stereocenters. The molecule has 0 atom stereocenters. The Kier molecular flexibility index (Phi) is 2.10. The second-order valence-corrected chi connectivity index (χ2v) is 4.16. The van der Waals surface area contributed by atoms with E-state index in [9.17, 15) is 4.79 Å². The lowest BCUT2D eigenvalue weighted by Crippen LogP contribution is -1.91. The first-order valence-corrected chi connectivity index (χ1v) is 5.53. The van der Waals surface area contributed by atoms with Crippen LogP contribution in [0.25, 0.3) is 11.1 Å². The van der Waals surface area contributed by atoms with E-state index in [1.165, 1.54) is 22.3 Å². The van der Waals surface area contributed by atoms with Gasteiger partial charge in [0.15, 0.2) is 0 Å². The van der Waals surface area contributed by atoms with Gasteiger partial charge in [0, 0.05) is 6.42 Å². The molecule has 16 heavy (non-hydrogen) atoms. The summed E-state index contributed by atoms with van der Waals surface area (Å²) >= 11 is 0. The first kappa shape index (κ1) is 9.34. The number of hydrogen-bond acceptors (Lipinski definition) is 1. The average Bonchev–Trinajstić information content (AvgIpc) is 2.68. The van der Waals surface area contributed by atoms with E-state index >= 15 is 0 Å². The highest BCUT2D eigenvalue weighted by molar-refractivity contribution is 5.81. The summed E-state index contributed by atoms with van der Waals surface area (Å²) in [6.07, 6.45) is 2.49. The number of carbonyl (C=O) groups excluding carboxylic acids is 1. The first-order valence-electron chi connectivity index (χ1n) is 5.53. The van der Waals surface area contributed by atoms with Gasteiger partial charge in [-0.3, -0.25) is 0 Å². The van der Waals surface area contributed by atoms with E-state index in [4.69, 9.17) is 0 Å². The van der Waals surface area contributed by atoms with Gasteiger partial charge in [0.05, 0.1) is 0 Å². The predicted molar refractivity (Wildman–Crippen MR) is 64.5 cm³/mol. The molecule has 0 aromatic heterocycles. The maximum atomic E-state index is 10.7. The predicted octanol–water partition coefficient (Wildman–Crippen LogP) is 3.00. The van der Waals surface area contributed by atoms with E-state index in [0.717, 1.165) is 18.3 Å². The van der Waals surface area contributed by atoms with Crippen LogP contribution in [0.15, 0.2) is 42.5 Å². The topological polar surface area (TPSA) is 17.1 Å². The normalized spacial score (nSPS) is 12.0. The van der Waals surface area contributed by atoms with Crippen LogP contribution in [0.3, 0.4) is 0 Å². The SMILES string of the molecule is O=CCc1cccc2c1-c1ccccc1C2. The van der Waals surface area contributed by atoms with Gasteiger partial charge in [-0.1, -0.05) is 42.5 Å². The fourth-order valence-electron chi connectivity index (χ4n) is 2.53. The van der Waals surface area contributed by atoms with Gasteiger partial charge < -0.3 is 4.79 Å². The highest BCUT2D eigenvalue weighted by atomic mass is 16.1. The molecule has 78 valence electrons. The van der Waals surface area contributed by atoms with Gasteiger partial charge in [-0.2, -0.15) is 0 Å². The molecule has 0 aliphatic heterocycles. The van der Waals surface area contributed by atoms with Crippen LogP contribution in [0, 0.1) is 0 Å². The Balaban J connectivity index is 2.24. The van der Waals surface area contributed by atoms with Crippen molar-refractivity contribution < 1.29 is 4.79 Å². The molecule has 0 N–H and O–H groups in total. The zero-order chi connectivity index (χ0) is 11.0. The lowest BCUT2D eigenvalue weighted by atomic mass is 9.98. The highest BCUT2D eigenvalue weighted by Gasteiger charge is 2.19. The van der Waals surface area contributed by atoms with E-state index in [1.54, 1.807) is 0 Å². The minimum Gasteiger partial charge on any atom is -0.303 e. The summed E-state index contributed by atoms with van der Waals surface area (Å²) < 4.78 is 0. The fourth-order valence-corrected chi connectivity index (χ4v) is 2.53. The lowest BCUT2D eigenvalue weighted by molar-refractivity contribution is -0.107. The molecule has 3 rings (SSSR count). The molecule has 0 bridgehead atoms. The van der Waals surface area contributed by atoms with Crippen molar-refractivity contribution in [2.45, 2.75) is 12.8 Å². The van der Waals surface area contributed by atoms with Crippen LogP contribution < -0.4 is 0 Å². The van der Waals surface area contributed by atoms with E-state index < -0.39 is 0 Å². The third-order valence-electron chi connectivity index (χ3n) is 3.21. The van der Waals surface area contributed by atoms with Crippen LogP contribution in [0.4, 0.5) is 0 Å². The van der Waals surface area contributed by atoms with Crippen molar-refractivity contribution in [3.63, 3.8) is 0 Å². The number of aldehydes is 1. The second kappa shape index (κ2) is 3.60. The first-order chi connectivity index (χ1) is 7.90. The second-order valence-electron chi connectivity index (χ2n) is 4.16. The molecule has 0 spiro atoms. The van der Waals surface area contributed by atoms with Gasteiger partial charge >= 0.3 is 0 Å². The molecule has 1 heteroatoms. The Hall–Kier alpha value is -1.89. The number of carbonyl (C=O) groups is 1. The van der Waals surface area contributed by atoms with E-state index in [2.05, 4.69) is 36.4 Å². The van der Waals surface area contributed by atoms with Crippen molar-refractivity contribution in [2.75, 3.05) is 0 Å². The van der Waals surface area contributed by atoms with Crippen molar-refractivity contribution in [1.29, 1.82) is 0 Å². The van der Waals surface area contributed by atoms with Crippen molar-refractivity contribution >= 4 is 6.29 Å². The van der Waals surface area contributed by atoms with Gasteiger partial charge in [0.25, 0.3) is 0 Å². The van der Waals surface area contributed by atoms with Crippen molar-refractivity contribution in [3.8, 4) is 11.1 Å². The van der Waals surface area contributed by atoms with Gasteiger partial charge in [-0.25, -0.2) is 0 Å². The highest BCUT2D eigenvalue weighted by Crippen LogP contribution is 2.38. The molecule has 2 aromatic carbocycles. The van der Waals surface area contributed by atoms with Gasteiger partial charge in [0.1, 0.15) is 6.29 Å². The maximum Gasteiger partial charge on any atom is 0.124 e. The third kappa shape index (κ3) is 1.28. The molecular formula is C15H12O. The molecule has 0 radical (unpaired) electrons. The maximum absolute atomic E-state index is 10.7.